The van der Waals surface area contributed by atoms with Crippen molar-refractivity contribution in [2.45, 2.75) is 23.5 Å². The zero-order chi connectivity index (χ0) is 15.1. The standard InChI is InChI=1S/C13H15BrFNO4S/c14-10-2-3-12(11(15)8-10)21(17,18)16-5-1-4-13(9-16)19-6-7-20-13/h2-3,8H,1,4-7,9H2. The van der Waals surface area contributed by atoms with Gasteiger partial charge in [-0.05, 0) is 24.6 Å². The Labute approximate surface area is 131 Å². The van der Waals surface area contributed by atoms with Gasteiger partial charge in [-0.25, -0.2) is 12.8 Å². The molecule has 2 saturated heterocycles. The predicted octanol–water partition coefficient (Wildman–Crippen LogP) is 2.12. The van der Waals surface area contributed by atoms with Crippen LogP contribution in [0.2, 0.25) is 0 Å². The van der Waals surface area contributed by atoms with Gasteiger partial charge in [-0.15, -0.1) is 0 Å². The largest absolute Gasteiger partial charge is 0.346 e. The zero-order valence-corrected chi connectivity index (χ0v) is 13.6. The molecule has 1 aromatic carbocycles. The Kier molecular flexibility index (Phi) is 4.08. The van der Waals surface area contributed by atoms with E-state index in [1.807, 2.05) is 0 Å². The fourth-order valence-corrected chi connectivity index (χ4v) is 4.61. The van der Waals surface area contributed by atoms with Gasteiger partial charge in [0.15, 0.2) is 5.79 Å². The second-order valence-electron chi connectivity index (χ2n) is 5.12. The molecule has 5 nitrogen and oxygen atoms in total. The van der Waals surface area contributed by atoms with E-state index in [0.29, 0.717) is 37.1 Å². The van der Waals surface area contributed by atoms with Crippen LogP contribution in [0.15, 0.2) is 27.6 Å². The number of ether oxygens (including phenoxy) is 2. The molecule has 0 saturated carbocycles. The lowest BCUT2D eigenvalue weighted by atomic mass is 10.1. The fourth-order valence-electron chi connectivity index (χ4n) is 2.71. The summed E-state index contributed by atoms with van der Waals surface area (Å²) in [5, 5.41) is 0. The zero-order valence-electron chi connectivity index (χ0n) is 11.2. The summed E-state index contributed by atoms with van der Waals surface area (Å²) in [5.41, 5.74) is 0. The number of benzene rings is 1. The maximum absolute atomic E-state index is 14.0. The Morgan fingerprint density at radius 1 is 1.29 bits per heavy atom. The quantitative estimate of drug-likeness (QED) is 0.789. The topological polar surface area (TPSA) is 55.8 Å². The van der Waals surface area contributed by atoms with Crippen molar-refractivity contribution >= 4 is 26.0 Å². The van der Waals surface area contributed by atoms with Crippen LogP contribution in [0.1, 0.15) is 12.8 Å². The molecule has 0 amide bonds. The average molecular weight is 380 g/mol. The number of hydrogen-bond acceptors (Lipinski definition) is 4. The third-order valence-corrected chi connectivity index (χ3v) is 6.08. The van der Waals surface area contributed by atoms with Crippen molar-refractivity contribution in [2.75, 3.05) is 26.3 Å². The van der Waals surface area contributed by atoms with Crippen LogP contribution >= 0.6 is 15.9 Å². The number of halogens is 2. The van der Waals surface area contributed by atoms with Crippen LogP contribution in [0.4, 0.5) is 4.39 Å². The first-order chi connectivity index (χ1) is 9.93. The number of nitrogens with zero attached hydrogens (tertiary/aromatic N) is 1. The lowest BCUT2D eigenvalue weighted by molar-refractivity contribution is -0.179. The Morgan fingerprint density at radius 2 is 2.00 bits per heavy atom. The highest BCUT2D eigenvalue weighted by atomic mass is 79.9. The van der Waals surface area contributed by atoms with E-state index in [2.05, 4.69) is 15.9 Å². The van der Waals surface area contributed by atoms with Crippen molar-refractivity contribution in [3.05, 3.63) is 28.5 Å². The monoisotopic (exact) mass is 379 g/mol. The second-order valence-corrected chi connectivity index (χ2v) is 7.95. The van der Waals surface area contributed by atoms with E-state index in [1.165, 1.54) is 16.4 Å². The molecule has 116 valence electrons. The molecule has 0 radical (unpaired) electrons. The molecule has 8 heteroatoms. The number of hydrogen-bond donors (Lipinski definition) is 0. The van der Waals surface area contributed by atoms with Gasteiger partial charge in [0.2, 0.25) is 10.0 Å². The smallest absolute Gasteiger partial charge is 0.246 e. The molecule has 1 spiro atoms. The van der Waals surface area contributed by atoms with Crippen LogP contribution in [0, 0.1) is 5.82 Å². The van der Waals surface area contributed by atoms with Crippen LogP contribution in [0.25, 0.3) is 0 Å². The molecule has 0 aliphatic carbocycles. The van der Waals surface area contributed by atoms with E-state index in [1.54, 1.807) is 0 Å². The molecule has 0 atom stereocenters. The van der Waals surface area contributed by atoms with Crippen LogP contribution in [0.5, 0.6) is 0 Å². The summed E-state index contributed by atoms with van der Waals surface area (Å²) < 4.78 is 52.1. The Balaban J connectivity index is 1.90. The summed E-state index contributed by atoms with van der Waals surface area (Å²) in [6.45, 7) is 1.36. The molecule has 2 fully saturated rings. The molecule has 2 aliphatic rings. The Morgan fingerprint density at radius 3 is 2.67 bits per heavy atom. The maximum atomic E-state index is 14.0. The SMILES string of the molecule is O=S(=O)(c1ccc(Br)cc1F)N1CCCC2(C1)OCCO2. The summed E-state index contributed by atoms with van der Waals surface area (Å²) in [6, 6.07) is 3.93. The second kappa shape index (κ2) is 5.58. The van der Waals surface area contributed by atoms with Crippen LogP contribution in [-0.2, 0) is 19.5 Å². The minimum atomic E-state index is -3.90. The van der Waals surface area contributed by atoms with E-state index in [4.69, 9.17) is 9.47 Å². The van der Waals surface area contributed by atoms with E-state index >= 15 is 0 Å². The first-order valence-electron chi connectivity index (χ1n) is 6.66. The number of rotatable bonds is 2. The third-order valence-electron chi connectivity index (χ3n) is 3.71. The van der Waals surface area contributed by atoms with Gasteiger partial charge in [-0.2, -0.15) is 4.31 Å². The summed E-state index contributed by atoms with van der Waals surface area (Å²) in [6.07, 6.45) is 1.28. The lowest BCUT2D eigenvalue weighted by Crippen LogP contribution is -2.51. The van der Waals surface area contributed by atoms with Gasteiger partial charge in [-0.1, -0.05) is 15.9 Å². The first kappa shape index (κ1) is 15.4. The lowest BCUT2D eigenvalue weighted by Gasteiger charge is -2.37. The third kappa shape index (κ3) is 2.87. The highest BCUT2D eigenvalue weighted by Gasteiger charge is 2.44. The minimum Gasteiger partial charge on any atom is -0.346 e. The van der Waals surface area contributed by atoms with Gasteiger partial charge in [0.25, 0.3) is 0 Å². The maximum Gasteiger partial charge on any atom is 0.246 e. The summed E-state index contributed by atoms with van der Waals surface area (Å²) in [5.74, 6) is -1.63. The molecule has 0 N–H and O–H groups in total. The van der Waals surface area contributed by atoms with Gasteiger partial charge in [0, 0.05) is 17.4 Å². The van der Waals surface area contributed by atoms with Gasteiger partial charge < -0.3 is 9.47 Å². The normalized spacial score (nSPS) is 22.8. The predicted molar refractivity (Wildman–Crippen MR) is 76.7 cm³/mol. The molecule has 1 aromatic rings. The van der Waals surface area contributed by atoms with Gasteiger partial charge in [0.05, 0.1) is 19.8 Å². The van der Waals surface area contributed by atoms with Gasteiger partial charge in [-0.3, -0.25) is 0 Å². The number of piperidine rings is 1. The molecular weight excluding hydrogens is 365 g/mol. The van der Waals surface area contributed by atoms with Crippen LogP contribution in [0.3, 0.4) is 0 Å². The highest BCUT2D eigenvalue weighted by molar-refractivity contribution is 9.10. The summed E-state index contributed by atoms with van der Waals surface area (Å²) in [4.78, 5) is -0.319. The van der Waals surface area contributed by atoms with E-state index in [-0.39, 0.29) is 11.4 Å². The molecule has 3 rings (SSSR count). The Bertz CT molecular complexity index is 646. The van der Waals surface area contributed by atoms with Crippen molar-refractivity contribution in [3.63, 3.8) is 0 Å². The highest BCUT2D eigenvalue weighted by Crippen LogP contribution is 2.33. The van der Waals surface area contributed by atoms with Crippen LogP contribution < -0.4 is 0 Å². The molecule has 2 heterocycles. The molecule has 2 aliphatic heterocycles. The van der Waals surface area contributed by atoms with E-state index in [0.717, 1.165) is 6.07 Å². The van der Waals surface area contributed by atoms with Crippen LogP contribution in [-0.4, -0.2) is 44.8 Å². The van der Waals surface area contributed by atoms with Crippen molar-refractivity contribution in [1.29, 1.82) is 0 Å². The molecule has 21 heavy (non-hydrogen) atoms. The van der Waals surface area contributed by atoms with Gasteiger partial charge in [0.1, 0.15) is 10.7 Å². The minimum absolute atomic E-state index is 0.102. The fraction of sp³-hybridized carbons (Fsp3) is 0.538. The van der Waals surface area contributed by atoms with Crippen molar-refractivity contribution in [3.8, 4) is 0 Å². The molecule has 0 aromatic heterocycles. The molecule has 0 unspecified atom stereocenters. The summed E-state index contributed by atoms with van der Waals surface area (Å²) in [7, 11) is -3.90. The summed E-state index contributed by atoms with van der Waals surface area (Å²) >= 11 is 3.12. The first-order valence-corrected chi connectivity index (χ1v) is 8.89. The van der Waals surface area contributed by atoms with E-state index < -0.39 is 21.6 Å². The van der Waals surface area contributed by atoms with Crippen molar-refractivity contribution in [2.24, 2.45) is 0 Å². The van der Waals surface area contributed by atoms with Crippen molar-refractivity contribution < 1.29 is 22.3 Å². The van der Waals surface area contributed by atoms with E-state index in [9.17, 15) is 12.8 Å². The Hall–Kier alpha value is -0.540. The van der Waals surface area contributed by atoms with Gasteiger partial charge >= 0.3 is 0 Å². The van der Waals surface area contributed by atoms with Crippen molar-refractivity contribution in [1.82, 2.24) is 4.31 Å². The molecular formula is C13H15BrFNO4S. The number of sulfonamides is 1. The molecule has 0 bridgehead atoms. The average Bonchev–Trinajstić information content (AvgIpc) is 2.86.